The number of benzene rings is 2. The van der Waals surface area contributed by atoms with Gasteiger partial charge < -0.3 is 9.84 Å². The Labute approximate surface area is 183 Å². The lowest BCUT2D eigenvalue weighted by molar-refractivity contribution is -0.137. The molecule has 2 heterocycles. The molecule has 4 rings (SSSR count). The molecule has 0 aliphatic carbocycles. The number of hydrogen-bond acceptors (Lipinski definition) is 5. The Bertz CT molecular complexity index is 1310. The maximum atomic E-state index is 13.6. The van der Waals surface area contributed by atoms with Gasteiger partial charge >= 0.3 is 5.97 Å². The minimum Gasteiger partial charge on any atom is -0.497 e. The summed E-state index contributed by atoms with van der Waals surface area (Å²) in [5.41, 5.74) is 3.46. The van der Waals surface area contributed by atoms with Gasteiger partial charge in [0.05, 0.1) is 12.5 Å². The molecule has 0 unspecified atom stereocenters. The van der Waals surface area contributed by atoms with Crippen LogP contribution in [0.5, 0.6) is 5.75 Å². The van der Waals surface area contributed by atoms with Gasteiger partial charge in [-0.25, -0.2) is 4.98 Å². The van der Waals surface area contributed by atoms with Crippen LogP contribution in [0, 0.1) is 6.92 Å². The van der Waals surface area contributed by atoms with Crippen molar-refractivity contribution in [1.29, 1.82) is 0 Å². The molecule has 0 radical (unpaired) electrons. The molecule has 2 aromatic heterocycles. The largest absolute Gasteiger partial charge is 0.497 e. The first-order valence-corrected chi connectivity index (χ1v) is 10.8. The number of carboxylic acids is 1. The zero-order valence-corrected chi connectivity index (χ0v) is 18.1. The third-order valence-electron chi connectivity index (χ3n) is 5.16. The topological polar surface area (TPSA) is 81.4 Å². The summed E-state index contributed by atoms with van der Waals surface area (Å²) in [7, 11) is 1.61. The second kappa shape index (κ2) is 8.73. The molecule has 7 heteroatoms. The fourth-order valence-corrected chi connectivity index (χ4v) is 4.48. The van der Waals surface area contributed by atoms with E-state index in [-0.39, 0.29) is 18.5 Å². The van der Waals surface area contributed by atoms with Crippen molar-refractivity contribution in [3.63, 3.8) is 0 Å². The van der Waals surface area contributed by atoms with Gasteiger partial charge in [0.25, 0.3) is 5.56 Å². The monoisotopic (exact) mass is 434 g/mol. The fraction of sp³-hybridized carbons (Fsp3) is 0.208. The van der Waals surface area contributed by atoms with Crippen molar-refractivity contribution >= 4 is 27.5 Å². The van der Waals surface area contributed by atoms with Gasteiger partial charge in [-0.05, 0) is 31.0 Å². The van der Waals surface area contributed by atoms with E-state index in [4.69, 9.17) is 14.8 Å². The van der Waals surface area contributed by atoms with Gasteiger partial charge in [0.1, 0.15) is 16.4 Å². The Balaban J connectivity index is 1.90. The first-order valence-electron chi connectivity index (χ1n) is 9.93. The average Bonchev–Trinajstić information content (AvgIpc) is 3.20. The molecule has 6 nitrogen and oxygen atoms in total. The quantitative estimate of drug-likeness (QED) is 0.444. The molecule has 0 spiro atoms. The highest BCUT2D eigenvalue weighted by molar-refractivity contribution is 7.17. The molecule has 0 aliphatic heterocycles. The van der Waals surface area contributed by atoms with Gasteiger partial charge in [0.2, 0.25) is 0 Å². The van der Waals surface area contributed by atoms with Crippen LogP contribution in [0.4, 0.5) is 0 Å². The van der Waals surface area contributed by atoms with Gasteiger partial charge in [-0.3, -0.25) is 14.2 Å². The molecular formula is C24H22N2O4S. The second-order valence-corrected chi connectivity index (χ2v) is 8.18. The number of thiophene rings is 1. The molecule has 4 aromatic rings. The third kappa shape index (κ3) is 4.22. The van der Waals surface area contributed by atoms with Crippen LogP contribution in [0.3, 0.4) is 0 Å². The van der Waals surface area contributed by atoms with Crippen LogP contribution in [0.15, 0.2) is 58.7 Å². The minimum atomic E-state index is -0.883. The average molecular weight is 435 g/mol. The molecule has 0 bridgehead atoms. The molecule has 2 aromatic carbocycles. The lowest BCUT2D eigenvalue weighted by Crippen LogP contribution is -2.24. The van der Waals surface area contributed by atoms with E-state index in [1.54, 1.807) is 11.7 Å². The number of carbonyl (C=O) groups is 1. The Morgan fingerprint density at radius 1 is 1.16 bits per heavy atom. The van der Waals surface area contributed by atoms with Crippen molar-refractivity contribution in [2.45, 2.75) is 26.3 Å². The van der Waals surface area contributed by atoms with E-state index in [0.29, 0.717) is 28.2 Å². The zero-order chi connectivity index (χ0) is 22.0. The van der Waals surface area contributed by atoms with Crippen LogP contribution in [0.1, 0.15) is 18.4 Å². The molecule has 0 fully saturated rings. The fourth-order valence-electron chi connectivity index (χ4n) is 3.55. The van der Waals surface area contributed by atoms with Crippen molar-refractivity contribution in [2.75, 3.05) is 7.11 Å². The van der Waals surface area contributed by atoms with Gasteiger partial charge in [-0.1, -0.05) is 42.0 Å². The van der Waals surface area contributed by atoms with Crippen molar-refractivity contribution in [1.82, 2.24) is 9.55 Å². The number of aryl methyl sites for hydroxylation is 1. The zero-order valence-electron chi connectivity index (χ0n) is 17.3. The molecule has 0 amide bonds. The molecule has 0 saturated heterocycles. The number of aromatic nitrogens is 2. The Hall–Kier alpha value is -3.45. The summed E-state index contributed by atoms with van der Waals surface area (Å²) in [5.74, 6) is 0.386. The van der Waals surface area contributed by atoms with Crippen LogP contribution in [-0.4, -0.2) is 27.7 Å². The molecule has 0 saturated carbocycles. The maximum Gasteiger partial charge on any atom is 0.303 e. The maximum absolute atomic E-state index is 13.6. The van der Waals surface area contributed by atoms with Crippen LogP contribution in [0.25, 0.3) is 32.7 Å². The Morgan fingerprint density at radius 3 is 2.65 bits per heavy atom. The van der Waals surface area contributed by atoms with Crippen LogP contribution < -0.4 is 10.3 Å². The van der Waals surface area contributed by atoms with E-state index in [0.717, 1.165) is 22.3 Å². The summed E-state index contributed by atoms with van der Waals surface area (Å²) in [6.07, 6.45) is 0.337. The molecule has 31 heavy (non-hydrogen) atoms. The number of carboxylic acid groups (broad SMARTS) is 1. The third-order valence-corrected chi connectivity index (χ3v) is 6.03. The highest BCUT2D eigenvalue weighted by atomic mass is 32.1. The van der Waals surface area contributed by atoms with E-state index >= 15 is 0 Å². The van der Waals surface area contributed by atoms with Crippen LogP contribution in [0.2, 0.25) is 0 Å². The predicted molar refractivity (Wildman–Crippen MR) is 123 cm³/mol. The van der Waals surface area contributed by atoms with Crippen LogP contribution >= 0.6 is 11.3 Å². The first-order chi connectivity index (χ1) is 15.0. The van der Waals surface area contributed by atoms with Crippen molar-refractivity contribution in [3.8, 4) is 28.3 Å². The summed E-state index contributed by atoms with van der Waals surface area (Å²) in [4.78, 5) is 30.1. The van der Waals surface area contributed by atoms with E-state index < -0.39 is 5.97 Å². The summed E-state index contributed by atoms with van der Waals surface area (Å²) in [5, 5.41) is 11.5. The molecule has 0 aliphatic rings. The molecule has 0 atom stereocenters. The number of rotatable bonds is 7. The highest BCUT2D eigenvalue weighted by Gasteiger charge is 2.18. The Kier molecular flexibility index (Phi) is 5.86. The van der Waals surface area contributed by atoms with Gasteiger partial charge in [-0.15, -0.1) is 11.3 Å². The number of aliphatic carboxylic acids is 1. The SMILES string of the molecule is COc1cccc(-c2csc3nc(-c4ccc(C)cc4)n(CCCC(=O)O)c(=O)c23)c1. The lowest BCUT2D eigenvalue weighted by Gasteiger charge is -2.13. The van der Waals surface area contributed by atoms with Crippen molar-refractivity contribution in [3.05, 3.63) is 69.8 Å². The van der Waals surface area contributed by atoms with Gasteiger partial charge in [0.15, 0.2) is 0 Å². The lowest BCUT2D eigenvalue weighted by atomic mass is 10.1. The van der Waals surface area contributed by atoms with E-state index in [9.17, 15) is 9.59 Å². The number of fused-ring (bicyclic) bond motifs is 1. The van der Waals surface area contributed by atoms with E-state index in [1.807, 2.05) is 60.8 Å². The number of methoxy groups -OCH3 is 1. The van der Waals surface area contributed by atoms with Gasteiger partial charge in [0, 0.05) is 29.5 Å². The van der Waals surface area contributed by atoms with Crippen molar-refractivity contribution in [2.24, 2.45) is 0 Å². The standard InChI is InChI=1S/C24H22N2O4S/c1-15-8-10-16(11-9-15)22-25-23-21(24(29)26(22)12-4-7-20(27)28)19(14-31-23)17-5-3-6-18(13-17)30-2/h3,5-6,8-11,13-14H,4,7,12H2,1-2H3,(H,27,28). The minimum absolute atomic E-state index is 0.00973. The summed E-state index contributed by atoms with van der Waals surface area (Å²) in [6.45, 7) is 2.28. The number of ether oxygens (including phenoxy) is 1. The second-order valence-electron chi connectivity index (χ2n) is 7.32. The number of hydrogen-bond donors (Lipinski definition) is 1. The Morgan fingerprint density at radius 2 is 1.94 bits per heavy atom. The van der Waals surface area contributed by atoms with E-state index in [1.165, 1.54) is 11.3 Å². The summed E-state index contributed by atoms with van der Waals surface area (Å²) < 4.78 is 6.93. The van der Waals surface area contributed by atoms with E-state index in [2.05, 4.69) is 0 Å². The first kappa shape index (κ1) is 20.8. The highest BCUT2D eigenvalue weighted by Crippen LogP contribution is 2.34. The molecule has 1 N–H and O–H groups in total. The predicted octanol–water partition coefficient (Wildman–Crippen LogP) is 4.97. The molecule has 158 valence electrons. The van der Waals surface area contributed by atoms with Gasteiger partial charge in [-0.2, -0.15) is 0 Å². The van der Waals surface area contributed by atoms with Crippen LogP contribution in [-0.2, 0) is 11.3 Å². The van der Waals surface area contributed by atoms with Crippen molar-refractivity contribution < 1.29 is 14.6 Å². The normalized spacial score (nSPS) is 11.0. The summed E-state index contributed by atoms with van der Waals surface area (Å²) in [6, 6.07) is 15.4. The summed E-state index contributed by atoms with van der Waals surface area (Å²) >= 11 is 1.43. The number of nitrogens with zero attached hydrogens (tertiary/aromatic N) is 2. The smallest absolute Gasteiger partial charge is 0.303 e. The molecular weight excluding hydrogens is 412 g/mol.